The minimum atomic E-state index is -0.798. The molecule has 0 aliphatic carbocycles. The highest BCUT2D eigenvalue weighted by Crippen LogP contribution is 2.27. The quantitative estimate of drug-likeness (QED) is 0.729. The van der Waals surface area contributed by atoms with Crippen LogP contribution in [0, 0.1) is 12.7 Å². The van der Waals surface area contributed by atoms with Crippen LogP contribution in [0.3, 0.4) is 0 Å². The molecule has 0 spiro atoms. The highest BCUT2D eigenvalue weighted by molar-refractivity contribution is 5.75. The Morgan fingerprint density at radius 1 is 1.23 bits per heavy atom. The summed E-state index contributed by atoms with van der Waals surface area (Å²) in [6, 6.07) is 6.70. The van der Waals surface area contributed by atoms with Gasteiger partial charge < -0.3 is 4.90 Å². The molecule has 0 atom stereocenters. The molecule has 6 heteroatoms. The summed E-state index contributed by atoms with van der Waals surface area (Å²) in [5, 5.41) is 5.18. The number of hydrogen-bond acceptors (Lipinski definition) is 3. The van der Waals surface area contributed by atoms with Crippen LogP contribution in [0.4, 0.5) is 14.5 Å². The minimum absolute atomic E-state index is 0.343. The second-order valence-corrected chi connectivity index (χ2v) is 5.64. The van der Waals surface area contributed by atoms with E-state index in [1.807, 2.05) is 17.9 Å². The number of rotatable bonds is 2. The molecule has 0 unspecified atom stereocenters. The van der Waals surface area contributed by atoms with Gasteiger partial charge in [-0.15, -0.1) is 5.10 Å². The van der Waals surface area contributed by atoms with Crippen molar-refractivity contribution in [3.8, 4) is 5.69 Å². The van der Waals surface area contributed by atoms with Gasteiger partial charge in [0.1, 0.15) is 17.7 Å². The Morgan fingerprint density at radius 3 is 2.82 bits per heavy atom. The van der Waals surface area contributed by atoms with Crippen molar-refractivity contribution in [1.29, 1.82) is 0 Å². The molecular formula is C16H14F2N4. The van der Waals surface area contributed by atoms with Gasteiger partial charge in [-0.25, -0.2) is 18.4 Å². The molecule has 0 N–H and O–H groups in total. The van der Waals surface area contributed by atoms with Crippen LogP contribution < -0.4 is 4.90 Å². The van der Waals surface area contributed by atoms with E-state index in [1.165, 1.54) is 10.7 Å². The van der Waals surface area contributed by atoms with Crippen LogP contribution in [0.5, 0.6) is 0 Å². The van der Waals surface area contributed by atoms with E-state index >= 15 is 0 Å². The number of anilines is 1. The maximum absolute atomic E-state index is 14.2. The van der Waals surface area contributed by atoms with Crippen LogP contribution in [0.15, 0.2) is 36.7 Å². The molecule has 0 radical (unpaired) electrons. The number of halogens is 2. The molecular weight excluding hydrogens is 286 g/mol. The molecule has 4 nitrogen and oxygen atoms in total. The van der Waals surface area contributed by atoms with Crippen LogP contribution in [-0.2, 0) is 0 Å². The van der Waals surface area contributed by atoms with Gasteiger partial charge in [-0.2, -0.15) is 0 Å². The molecule has 1 fully saturated rings. The van der Waals surface area contributed by atoms with Gasteiger partial charge >= 0.3 is 0 Å². The molecule has 1 aliphatic rings. The first-order valence-electron chi connectivity index (χ1n) is 7.11. The van der Waals surface area contributed by atoms with E-state index in [-0.39, 0.29) is 5.82 Å². The molecule has 0 bridgehead atoms. The van der Waals surface area contributed by atoms with Crippen molar-refractivity contribution in [3.05, 3.63) is 48.0 Å². The smallest absolute Gasteiger partial charge is 0.181 e. The summed E-state index contributed by atoms with van der Waals surface area (Å²) < 4.78 is 28.6. The van der Waals surface area contributed by atoms with Crippen molar-refractivity contribution in [3.63, 3.8) is 0 Å². The fourth-order valence-corrected chi connectivity index (χ4v) is 2.66. The van der Waals surface area contributed by atoms with E-state index in [4.69, 9.17) is 0 Å². The zero-order valence-electron chi connectivity index (χ0n) is 12.0. The Bertz CT molecular complexity index is 852. The number of nitrogens with zero attached hydrogens (tertiary/aromatic N) is 4. The fourth-order valence-electron chi connectivity index (χ4n) is 2.66. The van der Waals surface area contributed by atoms with Crippen molar-refractivity contribution in [2.45, 2.75) is 13.1 Å². The van der Waals surface area contributed by atoms with Crippen LogP contribution in [0.2, 0.25) is 0 Å². The maximum Gasteiger partial charge on any atom is 0.181 e. The first-order chi connectivity index (χ1) is 10.6. The lowest BCUT2D eigenvalue weighted by Crippen LogP contribution is -2.48. The maximum atomic E-state index is 14.2. The van der Waals surface area contributed by atoms with Crippen LogP contribution >= 0.6 is 0 Å². The molecule has 2 aromatic heterocycles. The zero-order chi connectivity index (χ0) is 15.3. The third kappa shape index (κ3) is 2.11. The van der Waals surface area contributed by atoms with E-state index in [0.29, 0.717) is 24.4 Å². The summed E-state index contributed by atoms with van der Waals surface area (Å²) in [4.78, 5) is 6.11. The summed E-state index contributed by atoms with van der Waals surface area (Å²) >= 11 is 0. The first kappa shape index (κ1) is 13.2. The van der Waals surface area contributed by atoms with Crippen LogP contribution in [0.25, 0.3) is 16.7 Å². The normalized spacial score (nSPS) is 15.3. The van der Waals surface area contributed by atoms with Gasteiger partial charge in [-0.05, 0) is 36.8 Å². The lowest BCUT2D eigenvalue weighted by molar-refractivity contribution is 0.275. The molecule has 1 aliphatic heterocycles. The molecule has 22 heavy (non-hydrogen) atoms. The Labute approximate surface area is 126 Å². The number of alkyl halides is 1. The molecule has 0 amide bonds. The lowest BCUT2D eigenvalue weighted by atomic mass is 10.1. The number of pyridine rings is 1. The summed E-state index contributed by atoms with van der Waals surface area (Å²) in [6.45, 7) is 2.65. The van der Waals surface area contributed by atoms with Crippen molar-refractivity contribution >= 4 is 16.7 Å². The third-order valence-corrected chi connectivity index (χ3v) is 3.87. The predicted octanol–water partition coefficient (Wildman–Crippen LogP) is 3.03. The lowest BCUT2D eigenvalue weighted by Gasteiger charge is -2.36. The number of benzene rings is 1. The van der Waals surface area contributed by atoms with Crippen LogP contribution in [-0.4, -0.2) is 34.0 Å². The summed E-state index contributed by atoms with van der Waals surface area (Å²) in [7, 11) is 0. The Morgan fingerprint density at radius 2 is 2.05 bits per heavy atom. The van der Waals surface area contributed by atoms with E-state index in [2.05, 4.69) is 10.1 Å². The average Bonchev–Trinajstić information content (AvgIpc) is 2.87. The Hall–Kier alpha value is -2.50. The molecule has 3 heterocycles. The highest BCUT2D eigenvalue weighted by atomic mass is 19.1. The first-order valence-corrected chi connectivity index (χ1v) is 7.11. The summed E-state index contributed by atoms with van der Waals surface area (Å²) in [5.41, 5.74) is 2.74. The van der Waals surface area contributed by atoms with Crippen LogP contribution in [0.1, 0.15) is 5.56 Å². The predicted molar refractivity (Wildman–Crippen MR) is 80.7 cm³/mol. The molecule has 1 aromatic carbocycles. The van der Waals surface area contributed by atoms with Gasteiger partial charge in [0.05, 0.1) is 13.1 Å². The zero-order valence-corrected chi connectivity index (χ0v) is 12.0. The van der Waals surface area contributed by atoms with Crippen molar-refractivity contribution in [2.75, 3.05) is 18.0 Å². The van der Waals surface area contributed by atoms with E-state index < -0.39 is 6.17 Å². The largest absolute Gasteiger partial charge is 0.365 e. The van der Waals surface area contributed by atoms with Gasteiger partial charge in [-0.3, -0.25) is 0 Å². The Balaban J connectivity index is 1.77. The van der Waals surface area contributed by atoms with E-state index in [1.54, 1.807) is 24.5 Å². The Kier molecular flexibility index (Phi) is 2.85. The molecule has 1 saturated heterocycles. The van der Waals surface area contributed by atoms with Crippen molar-refractivity contribution in [1.82, 2.24) is 14.8 Å². The molecule has 3 aromatic rings. The second-order valence-electron chi connectivity index (χ2n) is 5.64. The average molecular weight is 300 g/mol. The second kappa shape index (κ2) is 4.76. The number of aromatic nitrogens is 3. The number of aryl methyl sites for hydroxylation is 1. The summed E-state index contributed by atoms with van der Waals surface area (Å²) in [6.07, 6.45) is 2.69. The monoisotopic (exact) mass is 300 g/mol. The van der Waals surface area contributed by atoms with Gasteiger partial charge in [0.2, 0.25) is 0 Å². The molecule has 4 rings (SSSR count). The third-order valence-electron chi connectivity index (χ3n) is 3.87. The standard InChI is InChI=1S/C16H14F2N4/c1-10-4-11-7-22(20-16(11)19-6-10)15-5-13(2-3-14(15)18)21-8-12(17)9-21/h2-7,12H,8-9H2,1H3. The van der Waals surface area contributed by atoms with Gasteiger partial charge in [0.25, 0.3) is 0 Å². The van der Waals surface area contributed by atoms with E-state index in [9.17, 15) is 8.78 Å². The number of fused-ring (bicyclic) bond motifs is 1. The van der Waals surface area contributed by atoms with Gasteiger partial charge in [0.15, 0.2) is 5.65 Å². The summed E-state index contributed by atoms with van der Waals surface area (Å²) in [5.74, 6) is -0.370. The van der Waals surface area contributed by atoms with Gasteiger partial charge in [0, 0.05) is 23.5 Å². The molecule has 112 valence electrons. The molecule has 0 saturated carbocycles. The SMILES string of the molecule is Cc1cnc2nn(-c3cc(N4CC(F)C4)ccc3F)cc2c1. The number of hydrogen-bond donors (Lipinski definition) is 0. The van der Waals surface area contributed by atoms with Gasteiger partial charge in [-0.1, -0.05) is 0 Å². The topological polar surface area (TPSA) is 34.0 Å². The fraction of sp³-hybridized carbons (Fsp3) is 0.250. The van der Waals surface area contributed by atoms with Crippen molar-refractivity contribution in [2.24, 2.45) is 0 Å². The highest BCUT2D eigenvalue weighted by Gasteiger charge is 2.27. The minimum Gasteiger partial charge on any atom is -0.365 e. The van der Waals surface area contributed by atoms with Crippen molar-refractivity contribution < 1.29 is 8.78 Å². The van der Waals surface area contributed by atoms with E-state index in [0.717, 1.165) is 16.6 Å².